The molecule has 1 N–H and O–H groups in total. The molecule has 0 aliphatic carbocycles. The first-order valence-electron chi connectivity index (χ1n) is 4.66. The lowest BCUT2D eigenvalue weighted by atomic mass is 10.1. The van der Waals surface area contributed by atoms with Gasteiger partial charge in [-0.15, -0.1) is 0 Å². The zero-order chi connectivity index (χ0) is 9.97. The van der Waals surface area contributed by atoms with E-state index >= 15 is 0 Å². The normalized spacial score (nSPS) is 10.4. The van der Waals surface area contributed by atoms with Gasteiger partial charge in [0.15, 0.2) is 0 Å². The molecule has 14 heavy (non-hydrogen) atoms. The Labute approximate surface area is 83.2 Å². The Hall–Kier alpha value is -1.64. The number of rotatable bonds is 2. The lowest BCUT2D eigenvalue weighted by Crippen LogP contribution is -1.92. The van der Waals surface area contributed by atoms with Crippen LogP contribution in [0.25, 0.3) is 0 Å². The van der Waals surface area contributed by atoms with Crippen molar-refractivity contribution in [1.29, 1.82) is 0 Å². The summed E-state index contributed by atoms with van der Waals surface area (Å²) in [7, 11) is 0. The predicted octanol–water partition coefficient (Wildman–Crippen LogP) is 2.01. The molecule has 0 saturated carbocycles. The minimum Gasteiger partial charge on any atom is -0.283 e. The average molecular weight is 187 g/mol. The van der Waals surface area contributed by atoms with E-state index in [-0.39, 0.29) is 0 Å². The highest BCUT2D eigenvalue weighted by molar-refractivity contribution is 5.26. The highest BCUT2D eigenvalue weighted by Crippen LogP contribution is 2.10. The third-order valence-electron chi connectivity index (χ3n) is 2.28. The van der Waals surface area contributed by atoms with E-state index in [9.17, 15) is 0 Å². The van der Waals surface area contributed by atoms with Crippen molar-refractivity contribution in [2.45, 2.75) is 20.3 Å². The molecular weight excluding hydrogens is 174 g/mol. The van der Waals surface area contributed by atoms with Gasteiger partial charge >= 0.3 is 0 Å². The second kappa shape index (κ2) is 3.62. The maximum absolute atomic E-state index is 4.20. The molecule has 0 spiro atoms. The molecule has 3 nitrogen and oxygen atoms in total. The number of nitrogens with zero attached hydrogens (tertiary/aromatic N) is 2. The van der Waals surface area contributed by atoms with Crippen LogP contribution in [0.3, 0.4) is 0 Å². The number of hydrogen-bond donors (Lipinski definition) is 1. The summed E-state index contributed by atoms with van der Waals surface area (Å²) in [4.78, 5) is 4.11. The first-order valence-corrected chi connectivity index (χ1v) is 4.66. The Morgan fingerprint density at radius 3 is 2.86 bits per heavy atom. The predicted molar refractivity (Wildman–Crippen MR) is 55.1 cm³/mol. The maximum atomic E-state index is 4.20. The molecule has 2 aromatic heterocycles. The summed E-state index contributed by atoms with van der Waals surface area (Å²) in [5.74, 6) is 0. The van der Waals surface area contributed by atoms with Crippen molar-refractivity contribution >= 4 is 0 Å². The lowest BCUT2D eigenvalue weighted by Gasteiger charge is -2.01. The van der Waals surface area contributed by atoms with Crippen LogP contribution >= 0.6 is 0 Å². The largest absolute Gasteiger partial charge is 0.283 e. The smallest absolute Gasteiger partial charge is 0.0669 e. The van der Waals surface area contributed by atoms with Crippen molar-refractivity contribution in [3.05, 3.63) is 47.0 Å². The van der Waals surface area contributed by atoms with E-state index in [2.05, 4.69) is 28.2 Å². The molecule has 0 unspecified atom stereocenters. The van der Waals surface area contributed by atoms with E-state index in [0.29, 0.717) is 0 Å². The molecule has 0 aliphatic rings. The molecule has 0 aromatic carbocycles. The maximum Gasteiger partial charge on any atom is 0.0669 e. The van der Waals surface area contributed by atoms with Gasteiger partial charge < -0.3 is 0 Å². The van der Waals surface area contributed by atoms with Crippen molar-refractivity contribution in [2.24, 2.45) is 0 Å². The molecule has 0 bridgehead atoms. The summed E-state index contributed by atoms with van der Waals surface area (Å²) in [5.41, 5.74) is 4.67. The number of hydrogen-bond acceptors (Lipinski definition) is 2. The molecule has 0 radical (unpaired) electrons. The van der Waals surface area contributed by atoms with Crippen LogP contribution in [0.5, 0.6) is 0 Å². The van der Waals surface area contributed by atoms with E-state index in [0.717, 1.165) is 17.8 Å². The van der Waals surface area contributed by atoms with Crippen LogP contribution < -0.4 is 0 Å². The molecule has 0 fully saturated rings. The Kier molecular flexibility index (Phi) is 2.31. The zero-order valence-electron chi connectivity index (χ0n) is 8.41. The molecular formula is C11H13N3. The highest BCUT2D eigenvalue weighted by Gasteiger charge is 2.02. The second-order valence-corrected chi connectivity index (χ2v) is 3.52. The van der Waals surface area contributed by atoms with Gasteiger partial charge in [-0.05, 0) is 37.1 Å². The van der Waals surface area contributed by atoms with Crippen LogP contribution in [0, 0.1) is 13.8 Å². The van der Waals surface area contributed by atoms with Gasteiger partial charge in [0.05, 0.1) is 5.69 Å². The van der Waals surface area contributed by atoms with Crippen LogP contribution in [0.2, 0.25) is 0 Å². The molecule has 3 heteroatoms. The van der Waals surface area contributed by atoms with Gasteiger partial charge in [0, 0.05) is 24.5 Å². The van der Waals surface area contributed by atoms with Gasteiger partial charge in [0.1, 0.15) is 0 Å². The molecule has 2 aromatic rings. The fourth-order valence-electron chi connectivity index (χ4n) is 1.44. The molecule has 0 amide bonds. The first-order chi connectivity index (χ1) is 6.75. The summed E-state index contributed by atoms with van der Waals surface area (Å²) < 4.78 is 0. The van der Waals surface area contributed by atoms with E-state index in [1.165, 1.54) is 11.1 Å². The highest BCUT2D eigenvalue weighted by atomic mass is 15.1. The summed E-state index contributed by atoms with van der Waals surface area (Å²) in [6.45, 7) is 4.10. The number of aromatic nitrogens is 3. The van der Waals surface area contributed by atoms with E-state index in [1.807, 2.05) is 25.4 Å². The van der Waals surface area contributed by atoms with Crippen LogP contribution in [-0.2, 0) is 6.42 Å². The third-order valence-corrected chi connectivity index (χ3v) is 2.28. The number of nitrogens with one attached hydrogen (secondary N) is 1. The van der Waals surface area contributed by atoms with Gasteiger partial charge in [-0.2, -0.15) is 5.10 Å². The number of H-pyrrole nitrogens is 1. The topological polar surface area (TPSA) is 41.6 Å². The van der Waals surface area contributed by atoms with Crippen LogP contribution in [0.15, 0.2) is 24.5 Å². The van der Waals surface area contributed by atoms with Crippen LogP contribution in [0.1, 0.15) is 22.5 Å². The van der Waals surface area contributed by atoms with Gasteiger partial charge in [-0.1, -0.05) is 0 Å². The molecule has 0 saturated heterocycles. The van der Waals surface area contributed by atoms with Crippen molar-refractivity contribution in [3.8, 4) is 0 Å². The van der Waals surface area contributed by atoms with Crippen LogP contribution in [0.4, 0.5) is 0 Å². The number of pyridine rings is 1. The standard InChI is InChI=1S/C11H13N3/c1-8-3-4-12-7-10(8)6-11-5-9(2)13-14-11/h3-5,7H,6H2,1-2H3,(H,13,14). The number of aromatic amines is 1. The van der Waals surface area contributed by atoms with Crippen molar-refractivity contribution in [3.63, 3.8) is 0 Å². The van der Waals surface area contributed by atoms with Crippen molar-refractivity contribution in [2.75, 3.05) is 0 Å². The summed E-state index contributed by atoms with van der Waals surface area (Å²) in [6, 6.07) is 4.08. The lowest BCUT2D eigenvalue weighted by molar-refractivity contribution is 0.970. The minimum absolute atomic E-state index is 0.851. The van der Waals surface area contributed by atoms with E-state index < -0.39 is 0 Å². The van der Waals surface area contributed by atoms with E-state index in [4.69, 9.17) is 0 Å². The summed E-state index contributed by atoms with van der Waals surface area (Å²) >= 11 is 0. The Balaban J connectivity index is 2.23. The van der Waals surface area contributed by atoms with E-state index in [1.54, 1.807) is 0 Å². The molecule has 2 rings (SSSR count). The third kappa shape index (κ3) is 1.82. The fraction of sp³-hybridized carbons (Fsp3) is 0.273. The van der Waals surface area contributed by atoms with Gasteiger partial charge in [-0.3, -0.25) is 10.1 Å². The Morgan fingerprint density at radius 2 is 2.21 bits per heavy atom. The summed E-state index contributed by atoms with van der Waals surface area (Å²) in [6.07, 6.45) is 4.57. The van der Waals surface area contributed by atoms with Crippen molar-refractivity contribution < 1.29 is 0 Å². The molecule has 0 atom stereocenters. The molecule has 2 heterocycles. The fourth-order valence-corrected chi connectivity index (χ4v) is 1.44. The van der Waals surface area contributed by atoms with Gasteiger partial charge in [-0.25, -0.2) is 0 Å². The Bertz CT molecular complexity index is 432. The zero-order valence-corrected chi connectivity index (χ0v) is 8.41. The molecule has 0 aliphatic heterocycles. The number of aryl methyl sites for hydroxylation is 2. The monoisotopic (exact) mass is 187 g/mol. The summed E-state index contributed by atoms with van der Waals surface area (Å²) in [5, 5.41) is 7.14. The van der Waals surface area contributed by atoms with Gasteiger partial charge in [0.2, 0.25) is 0 Å². The SMILES string of the molecule is Cc1cc(Cc2cnccc2C)n[nH]1. The first kappa shape index (κ1) is 8.94. The minimum atomic E-state index is 0.851. The average Bonchev–Trinajstić information content (AvgIpc) is 2.56. The van der Waals surface area contributed by atoms with Crippen molar-refractivity contribution in [1.82, 2.24) is 15.2 Å². The van der Waals surface area contributed by atoms with Crippen LogP contribution in [-0.4, -0.2) is 15.2 Å². The quantitative estimate of drug-likeness (QED) is 0.781. The second-order valence-electron chi connectivity index (χ2n) is 3.52. The van der Waals surface area contributed by atoms with Gasteiger partial charge in [0.25, 0.3) is 0 Å². The Morgan fingerprint density at radius 1 is 1.36 bits per heavy atom. The molecule has 72 valence electrons.